The normalized spacial score (nSPS) is 19.6. The molecule has 1 fully saturated rings. The molecule has 0 bridgehead atoms. The Bertz CT molecular complexity index is 501. The summed E-state index contributed by atoms with van der Waals surface area (Å²) < 4.78 is 6.26. The van der Waals surface area contributed by atoms with Gasteiger partial charge in [0.25, 0.3) is 0 Å². The molecule has 20 heavy (non-hydrogen) atoms. The van der Waals surface area contributed by atoms with Crippen molar-refractivity contribution in [2.24, 2.45) is 11.7 Å². The van der Waals surface area contributed by atoms with Crippen LogP contribution in [0.3, 0.4) is 0 Å². The van der Waals surface area contributed by atoms with Gasteiger partial charge in [-0.3, -0.25) is 9.59 Å². The van der Waals surface area contributed by atoms with E-state index < -0.39 is 11.9 Å². The first-order valence-electron chi connectivity index (χ1n) is 6.48. The van der Waals surface area contributed by atoms with Gasteiger partial charge in [0.1, 0.15) is 6.04 Å². The molecule has 0 spiro atoms. The molecule has 1 aromatic rings. The third-order valence-corrected chi connectivity index (χ3v) is 3.96. The maximum Gasteiger partial charge on any atom is 0.240 e. The lowest BCUT2D eigenvalue weighted by Gasteiger charge is -2.17. The smallest absolute Gasteiger partial charge is 0.240 e. The lowest BCUT2D eigenvalue weighted by molar-refractivity contribution is -0.129. The standard InChI is InChI=1S/C14H17IN2O3/c15-11-3-1-2-9(6-11)7-12(13(16)18)17-14(19)10-4-5-20-8-10/h1-3,6,10,12H,4-5,7-8H2,(H2,16,18)(H,17,19)/t10-,12+/m0/s1. The van der Waals surface area contributed by atoms with Crippen LogP contribution in [0.2, 0.25) is 0 Å². The summed E-state index contributed by atoms with van der Waals surface area (Å²) >= 11 is 2.21. The molecule has 1 saturated heterocycles. The maximum atomic E-state index is 12.0. The number of ether oxygens (including phenoxy) is 1. The van der Waals surface area contributed by atoms with Crippen LogP contribution >= 0.6 is 22.6 Å². The van der Waals surface area contributed by atoms with Crippen LogP contribution < -0.4 is 11.1 Å². The highest BCUT2D eigenvalue weighted by atomic mass is 127. The minimum absolute atomic E-state index is 0.156. The van der Waals surface area contributed by atoms with Crippen molar-refractivity contribution in [3.05, 3.63) is 33.4 Å². The molecule has 1 heterocycles. The van der Waals surface area contributed by atoms with Gasteiger partial charge in [-0.05, 0) is 46.7 Å². The maximum absolute atomic E-state index is 12.0. The van der Waals surface area contributed by atoms with E-state index in [2.05, 4.69) is 27.9 Å². The quantitative estimate of drug-likeness (QED) is 0.734. The second kappa shape index (κ2) is 7.03. The van der Waals surface area contributed by atoms with Crippen LogP contribution in [0, 0.1) is 9.49 Å². The lowest BCUT2D eigenvalue weighted by Crippen LogP contribution is -2.48. The second-order valence-corrected chi connectivity index (χ2v) is 6.10. The summed E-state index contributed by atoms with van der Waals surface area (Å²) in [5.41, 5.74) is 6.36. The minimum Gasteiger partial charge on any atom is -0.381 e. The third kappa shape index (κ3) is 4.17. The van der Waals surface area contributed by atoms with E-state index in [-0.39, 0.29) is 11.8 Å². The molecule has 2 rings (SSSR count). The fraction of sp³-hybridized carbons (Fsp3) is 0.429. The topological polar surface area (TPSA) is 81.4 Å². The van der Waals surface area contributed by atoms with Gasteiger partial charge in [-0.15, -0.1) is 0 Å². The van der Waals surface area contributed by atoms with Gasteiger partial charge >= 0.3 is 0 Å². The Morgan fingerprint density at radius 2 is 2.30 bits per heavy atom. The van der Waals surface area contributed by atoms with Crippen molar-refractivity contribution in [2.45, 2.75) is 18.9 Å². The number of nitrogens with two attached hydrogens (primary N) is 1. The molecule has 5 nitrogen and oxygen atoms in total. The number of hydrogen-bond acceptors (Lipinski definition) is 3. The highest BCUT2D eigenvalue weighted by Crippen LogP contribution is 2.14. The van der Waals surface area contributed by atoms with Gasteiger partial charge < -0.3 is 15.8 Å². The molecule has 0 unspecified atom stereocenters. The Morgan fingerprint density at radius 1 is 1.50 bits per heavy atom. The van der Waals surface area contributed by atoms with Gasteiger partial charge in [0.05, 0.1) is 12.5 Å². The Hall–Kier alpha value is -1.15. The first kappa shape index (κ1) is 15.2. The summed E-state index contributed by atoms with van der Waals surface area (Å²) in [6.45, 7) is 1.01. The number of amides is 2. The first-order valence-corrected chi connectivity index (χ1v) is 7.56. The molecule has 1 aliphatic rings. The number of carbonyl (C=O) groups excluding carboxylic acids is 2. The molecular formula is C14H17IN2O3. The number of halogens is 1. The Morgan fingerprint density at radius 3 is 2.90 bits per heavy atom. The molecule has 0 aromatic heterocycles. The monoisotopic (exact) mass is 388 g/mol. The van der Waals surface area contributed by atoms with Crippen LogP contribution in [0.5, 0.6) is 0 Å². The summed E-state index contributed by atoms with van der Waals surface area (Å²) in [7, 11) is 0. The van der Waals surface area contributed by atoms with Gasteiger partial charge in [0.2, 0.25) is 11.8 Å². The summed E-state index contributed by atoms with van der Waals surface area (Å²) in [6, 6.07) is 7.10. The van der Waals surface area contributed by atoms with E-state index in [1.54, 1.807) is 0 Å². The summed E-state index contributed by atoms with van der Waals surface area (Å²) in [4.78, 5) is 23.5. The van der Waals surface area contributed by atoms with E-state index in [1.165, 1.54) is 0 Å². The first-order chi connectivity index (χ1) is 9.56. The van der Waals surface area contributed by atoms with Crippen LogP contribution in [0.15, 0.2) is 24.3 Å². The Kier molecular flexibility index (Phi) is 5.36. The molecule has 2 amide bonds. The molecule has 1 aromatic carbocycles. The lowest BCUT2D eigenvalue weighted by atomic mass is 10.0. The van der Waals surface area contributed by atoms with Crippen LogP contribution in [0.25, 0.3) is 0 Å². The molecule has 108 valence electrons. The van der Waals surface area contributed by atoms with Gasteiger partial charge in [-0.25, -0.2) is 0 Å². The predicted molar refractivity (Wildman–Crippen MR) is 82.9 cm³/mol. The second-order valence-electron chi connectivity index (χ2n) is 4.86. The molecule has 2 atom stereocenters. The van der Waals surface area contributed by atoms with E-state index >= 15 is 0 Å². The zero-order chi connectivity index (χ0) is 14.5. The Balaban J connectivity index is 2.00. The average molecular weight is 388 g/mol. The fourth-order valence-electron chi connectivity index (χ4n) is 2.15. The Labute approximate surface area is 131 Å². The largest absolute Gasteiger partial charge is 0.381 e. The highest BCUT2D eigenvalue weighted by Gasteiger charge is 2.27. The summed E-state index contributed by atoms with van der Waals surface area (Å²) in [5, 5.41) is 2.73. The SMILES string of the molecule is NC(=O)[C@@H](Cc1cccc(I)c1)NC(=O)[C@H]1CCOC1. The van der Waals surface area contributed by atoms with Crippen molar-refractivity contribution in [1.29, 1.82) is 0 Å². The highest BCUT2D eigenvalue weighted by molar-refractivity contribution is 14.1. The van der Waals surface area contributed by atoms with E-state index in [0.29, 0.717) is 26.1 Å². The van der Waals surface area contributed by atoms with Crippen molar-refractivity contribution >= 4 is 34.4 Å². The van der Waals surface area contributed by atoms with Gasteiger partial charge in [-0.2, -0.15) is 0 Å². The van der Waals surface area contributed by atoms with Crippen molar-refractivity contribution in [2.75, 3.05) is 13.2 Å². The van der Waals surface area contributed by atoms with Gasteiger partial charge in [0, 0.05) is 16.6 Å². The fourth-order valence-corrected chi connectivity index (χ4v) is 2.76. The molecule has 0 aliphatic carbocycles. The number of hydrogen-bond donors (Lipinski definition) is 2. The number of nitrogens with one attached hydrogen (secondary N) is 1. The number of rotatable bonds is 5. The molecule has 1 aliphatic heterocycles. The van der Waals surface area contributed by atoms with Crippen LogP contribution in [0.1, 0.15) is 12.0 Å². The minimum atomic E-state index is -0.679. The van der Waals surface area contributed by atoms with E-state index in [0.717, 1.165) is 9.13 Å². The van der Waals surface area contributed by atoms with E-state index in [9.17, 15) is 9.59 Å². The van der Waals surface area contributed by atoms with Gasteiger partial charge in [-0.1, -0.05) is 12.1 Å². The summed E-state index contributed by atoms with van der Waals surface area (Å²) in [5.74, 6) is -0.846. The zero-order valence-corrected chi connectivity index (χ0v) is 13.1. The third-order valence-electron chi connectivity index (χ3n) is 3.29. The zero-order valence-electron chi connectivity index (χ0n) is 11.0. The van der Waals surface area contributed by atoms with E-state index in [1.807, 2.05) is 24.3 Å². The molecule has 0 radical (unpaired) electrons. The summed E-state index contributed by atoms with van der Waals surface area (Å²) in [6.07, 6.45) is 1.10. The van der Waals surface area contributed by atoms with Gasteiger partial charge in [0.15, 0.2) is 0 Å². The van der Waals surface area contributed by atoms with Crippen LogP contribution in [-0.4, -0.2) is 31.1 Å². The van der Waals surface area contributed by atoms with E-state index in [4.69, 9.17) is 10.5 Å². The molecule has 3 N–H and O–H groups in total. The number of carbonyl (C=O) groups is 2. The number of benzene rings is 1. The van der Waals surface area contributed by atoms with Crippen LogP contribution in [-0.2, 0) is 20.7 Å². The van der Waals surface area contributed by atoms with Crippen LogP contribution in [0.4, 0.5) is 0 Å². The predicted octanol–water partition coefficient (Wildman–Crippen LogP) is 0.840. The number of primary amides is 1. The molecular weight excluding hydrogens is 371 g/mol. The van der Waals surface area contributed by atoms with Crippen molar-refractivity contribution in [1.82, 2.24) is 5.32 Å². The van der Waals surface area contributed by atoms with Crippen molar-refractivity contribution < 1.29 is 14.3 Å². The van der Waals surface area contributed by atoms with Crippen molar-refractivity contribution in [3.8, 4) is 0 Å². The van der Waals surface area contributed by atoms with Crippen molar-refractivity contribution in [3.63, 3.8) is 0 Å². The average Bonchev–Trinajstić information content (AvgIpc) is 2.91. The molecule has 0 saturated carbocycles. The molecule has 6 heteroatoms.